The van der Waals surface area contributed by atoms with Gasteiger partial charge in [-0.2, -0.15) is 0 Å². The number of hydrogen-bond donors (Lipinski definition) is 1. The highest BCUT2D eigenvalue weighted by Crippen LogP contribution is 2.55. The van der Waals surface area contributed by atoms with Crippen LogP contribution in [0.5, 0.6) is 0 Å². The Hall–Kier alpha value is -0.980. The first-order valence-corrected chi connectivity index (χ1v) is 12.1. The van der Waals surface area contributed by atoms with E-state index >= 15 is 0 Å². The molecule has 0 aromatic carbocycles. The minimum atomic E-state index is -0.136. The molecule has 1 amide bonds. The molecule has 3 heterocycles. The van der Waals surface area contributed by atoms with Crippen molar-refractivity contribution in [2.24, 2.45) is 17.3 Å². The SMILES string of the molecule is C[C@@H]1COCC[C@@H]1N[C@@H]1C[C@H]2CCC[C@@]2(C(=O)N2CCc3ncc(Br)cc3C2)C1. The summed E-state index contributed by atoms with van der Waals surface area (Å²) in [5.41, 5.74) is 2.22. The number of rotatable bonds is 3. The summed E-state index contributed by atoms with van der Waals surface area (Å²) in [6, 6.07) is 3.14. The Balaban J connectivity index is 1.30. The molecule has 5 nitrogen and oxygen atoms in total. The predicted molar refractivity (Wildman–Crippen MR) is 115 cm³/mol. The number of pyridine rings is 1. The van der Waals surface area contributed by atoms with Gasteiger partial charge in [0.15, 0.2) is 0 Å². The van der Waals surface area contributed by atoms with Crippen LogP contribution in [0.2, 0.25) is 0 Å². The lowest BCUT2D eigenvalue weighted by molar-refractivity contribution is -0.144. The van der Waals surface area contributed by atoms with Gasteiger partial charge in [-0.1, -0.05) is 13.3 Å². The van der Waals surface area contributed by atoms with Crippen molar-refractivity contribution in [2.75, 3.05) is 19.8 Å². The fraction of sp³-hybridized carbons (Fsp3) is 0.739. The Kier molecular flexibility index (Phi) is 5.46. The third-order valence-corrected chi connectivity index (χ3v) is 8.38. The molecular formula is C23H32BrN3O2. The molecule has 1 N–H and O–H groups in total. The molecule has 158 valence electrons. The lowest BCUT2D eigenvalue weighted by Crippen LogP contribution is -2.48. The summed E-state index contributed by atoms with van der Waals surface area (Å²) in [6.45, 7) is 5.52. The van der Waals surface area contributed by atoms with Gasteiger partial charge >= 0.3 is 0 Å². The van der Waals surface area contributed by atoms with Crippen molar-refractivity contribution in [3.63, 3.8) is 0 Å². The second-order valence-electron chi connectivity index (χ2n) is 9.73. The molecule has 29 heavy (non-hydrogen) atoms. The normalized spacial score (nSPS) is 36.7. The second-order valence-corrected chi connectivity index (χ2v) is 10.6. The standard InChI is InChI=1S/C23H32BrN3O2/c1-15-14-29-8-5-20(15)26-19-10-17-3-2-6-23(17,11-19)22(28)27-7-4-21-16(13-27)9-18(24)12-25-21/h9,12,15,17,19-20,26H,2-8,10-11,13-14H2,1H3/t15-,17-,19-,20+,23-/m1/s1. The van der Waals surface area contributed by atoms with E-state index in [1.807, 2.05) is 6.20 Å². The Labute approximate surface area is 182 Å². The van der Waals surface area contributed by atoms with Crippen molar-refractivity contribution < 1.29 is 9.53 Å². The van der Waals surface area contributed by atoms with Gasteiger partial charge in [-0.25, -0.2) is 0 Å². The Morgan fingerprint density at radius 3 is 3.17 bits per heavy atom. The second kappa shape index (κ2) is 7.93. The zero-order chi connectivity index (χ0) is 20.0. The zero-order valence-corrected chi connectivity index (χ0v) is 18.9. The van der Waals surface area contributed by atoms with Gasteiger partial charge < -0.3 is 15.0 Å². The number of aromatic nitrogens is 1. The Morgan fingerprint density at radius 2 is 2.31 bits per heavy atom. The van der Waals surface area contributed by atoms with Crippen LogP contribution in [0.3, 0.4) is 0 Å². The number of fused-ring (bicyclic) bond motifs is 2. The molecule has 0 unspecified atom stereocenters. The van der Waals surface area contributed by atoms with Crippen LogP contribution < -0.4 is 5.32 Å². The van der Waals surface area contributed by atoms with Gasteiger partial charge in [0.25, 0.3) is 0 Å². The molecule has 1 aromatic heterocycles. The van der Waals surface area contributed by atoms with Gasteiger partial charge in [0.05, 0.1) is 12.0 Å². The lowest BCUT2D eigenvalue weighted by Gasteiger charge is -2.37. The van der Waals surface area contributed by atoms with Crippen LogP contribution in [0.25, 0.3) is 0 Å². The third kappa shape index (κ3) is 3.66. The van der Waals surface area contributed by atoms with Crippen LogP contribution in [-0.2, 0) is 22.5 Å². The van der Waals surface area contributed by atoms with Crippen LogP contribution in [0.4, 0.5) is 0 Å². The number of nitrogens with zero attached hydrogens (tertiary/aromatic N) is 2. The molecule has 6 heteroatoms. The van der Waals surface area contributed by atoms with E-state index in [0.717, 1.165) is 62.0 Å². The van der Waals surface area contributed by atoms with E-state index in [1.165, 1.54) is 18.4 Å². The number of amides is 1. The quantitative estimate of drug-likeness (QED) is 0.745. The van der Waals surface area contributed by atoms with Gasteiger partial charge in [0.1, 0.15) is 0 Å². The molecule has 5 rings (SSSR count). The lowest BCUT2D eigenvalue weighted by atomic mass is 9.78. The first-order chi connectivity index (χ1) is 14.0. The molecule has 2 aliphatic carbocycles. The van der Waals surface area contributed by atoms with E-state index in [1.54, 1.807) is 0 Å². The maximum Gasteiger partial charge on any atom is 0.229 e. The van der Waals surface area contributed by atoms with Crippen molar-refractivity contribution in [1.82, 2.24) is 15.2 Å². The molecule has 2 saturated carbocycles. The minimum absolute atomic E-state index is 0.136. The van der Waals surface area contributed by atoms with Crippen molar-refractivity contribution >= 4 is 21.8 Å². The topological polar surface area (TPSA) is 54.5 Å². The number of carbonyl (C=O) groups is 1. The van der Waals surface area contributed by atoms with E-state index in [9.17, 15) is 4.79 Å². The molecule has 3 fully saturated rings. The van der Waals surface area contributed by atoms with Crippen LogP contribution in [0, 0.1) is 17.3 Å². The first kappa shape index (κ1) is 20.0. The largest absolute Gasteiger partial charge is 0.381 e. The summed E-state index contributed by atoms with van der Waals surface area (Å²) in [7, 11) is 0. The smallest absolute Gasteiger partial charge is 0.229 e. The van der Waals surface area contributed by atoms with Gasteiger partial charge in [-0.3, -0.25) is 9.78 Å². The molecule has 2 aliphatic heterocycles. The Bertz CT molecular complexity index is 787. The number of nitrogens with one attached hydrogen (secondary N) is 1. The van der Waals surface area contributed by atoms with Crippen molar-refractivity contribution in [2.45, 2.75) is 70.5 Å². The molecule has 0 radical (unpaired) electrons. The molecule has 0 spiro atoms. The maximum absolute atomic E-state index is 13.8. The molecule has 4 aliphatic rings. The fourth-order valence-corrected chi connectivity index (χ4v) is 6.81. The molecule has 1 aromatic rings. The van der Waals surface area contributed by atoms with E-state index in [2.05, 4.69) is 44.1 Å². The predicted octanol–water partition coefficient (Wildman–Crippen LogP) is 3.69. The average molecular weight is 462 g/mol. The van der Waals surface area contributed by atoms with Crippen molar-refractivity contribution in [3.8, 4) is 0 Å². The van der Waals surface area contributed by atoms with Crippen LogP contribution in [0.15, 0.2) is 16.7 Å². The first-order valence-electron chi connectivity index (χ1n) is 11.3. The van der Waals surface area contributed by atoms with Gasteiger partial charge in [0, 0.05) is 54.6 Å². The molecule has 1 saturated heterocycles. The van der Waals surface area contributed by atoms with Crippen molar-refractivity contribution in [3.05, 3.63) is 28.0 Å². The minimum Gasteiger partial charge on any atom is -0.381 e. The van der Waals surface area contributed by atoms with E-state index in [0.29, 0.717) is 36.4 Å². The highest BCUT2D eigenvalue weighted by atomic mass is 79.9. The summed E-state index contributed by atoms with van der Waals surface area (Å²) < 4.78 is 6.61. The average Bonchev–Trinajstić information content (AvgIpc) is 3.26. The monoisotopic (exact) mass is 461 g/mol. The summed E-state index contributed by atoms with van der Waals surface area (Å²) in [4.78, 5) is 20.5. The summed E-state index contributed by atoms with van der Waals surface area (Å²) in [6.07, 6.45) is 9.49. The molecule has 0 bridgehead atoms. The fourth-order valence-electron chi connectivity index (χ4n) is 6.43. The van der Waals surface area contributed by atoms with Gasteiger partial charge in [0.2, 0.25) is 5.91 Å². The summed E-state index contributed by atoms with van der Waals surface area (Å²) >= 11 is 3.53. The highest BCUT2D eigenvalue weighted by Gasteiger charge is 2.56. The summed E-state index contributed by atoms with van der Waals surface area (Å²) in [5, 5.41) is 3.93. The van der Waals surface area contributed by atoms with Crippen LogP contribution in [-0.4, -0.2) is 47.6 Å². The Morgan fingerprint density at radius 1 is 1.41 bits per heavy atom. The number of ether oxygens (including phenoxy) is 1. The van der Waals surface area contributed by atoms with E-state index in [-0.39, 0.29) is 5.41 Å². The van der Waals surface area contributed by atoms with Gasteiger partial charge in [-0.05, 0) is 71.5 Å². The maximum atomic E-state index is 13.8. The van der Waals surface area contributed by atoms with Crippen LogP contribution >= 0.6 is 15.9 Å². The zero-order valence-electron chi connectivity index (χ0n) is 17.3. The van der Waals surface area contributed by atoms with E-state index in [4.69, 9.17) is 4.74 Å². The number of halogens is 1. The number of hydrogen-bond acceptors (Lipinski definition) is 4. The molecule has 5 atom stereocenters. The third-order valence-electron chi connectivity index (χ3n) is 7.95. The number of carbonyl (C=O) groups excluding carboxylic acids is 1. The highest BCUT2D eigenvalue weighted by molar-refractivity contribution is 9.10. The van der Waals surface area contributed by atoms with Crippen LogP contribution in [0.1, 0.15) is 56.7 Å². The summed E-state index contributed by atoms with van der Waals surface area (Å²) in [5.74, 6) is 1.51. The van der Waals surface area contributed by atoms with Crippen molar-refractivity contribution in [1.29, 1.82) is 0 Å². The van der Waals surface area contributed by atoms with Gasteiger partial charge in [-0.15, -0.1) is 0 Å². The molecular weight excluding hydrogens is 430 g/mol. The van der Waals surface area contributed by atoms with E-state index < -0.39 is 0 Å².